The zero-order chi connectivity index (χ0) is 14.5. The van der Waals surface area contributed by atoms with Crippen LogP contribution in [-0.2, 0) is 0 Å². The first-order chi connectivity index (χ1) is 10.3. The summed E-state index contributed by atoms with van der Waals surface area (Å²) in [6, 6.07) is 3.73. The van der Waals surface area contributed by atoms with Crippen LogP contribution >= 0.6 is 11.3 Å². The number of carbonyl (C=O) groups is 1. The van der Waals surface area contributed by atoms with E-state index in [0.717, 1.165) is 18.9 Å². The highest BCUT2D eigenvalue weighted by atomic mass is 32.1. The van der Waals surface area contributed by atoms with Crippen molar-refractivity contribution in [1.82, 2.24) is 15.2 Å². The molecule has 21 heavy (non-hydrogen) atoms. The number of nitrogens with one attached hydrogen (secondary N) is 1. The molecule has 1 saturated heterocycles. The van der Waals surface area contributed by atoms with Crippen molar-refractivity contribution in [2.75, 3.05) is 23.3 Å². The SMILES string of the molecule is O=C(Nc1nncs1)c1ccc(N2CCCCCC2)nc1. The van der Waals surface area contributed by atoms with E-state index in [9.17, 15) is 4.79 Å². The van der Waals surface area contributed by atoms with Gasteiger partial charge in [0, 0.05) is 19.3 Å². The summed E-state index contributed by atoms with van der Waals surface area (Å²) in [5.41, 5.74) is 2.11. The summed E-state index contributed by atoms with van der Waals surface area (Å²) < 4.78 is 0. The minimum atomic E-state index is -0.207. The molecule has 2 aromatic heterocycles. The van der Waals surface area contributed by atoms with Crippen LogP contribution in [-0.4, -0.2) is 34.2 Å². The van der Waals surface area contributed by atoms with Gasteiger partial charge >= 0.3 is 0 Å². The monoisotopic (exact) mass is 303 g/mol. The molecule has 3 heterocycles. The summed E-state index contributed by atoms with van der Waals surface area (Å²) >= 11 is 1.29. The number of rotatable bonds is 3. The molecule has 110 valence electrons. The standard InChI is InChI=1S/C14H17N5OS/c20-13(17-14-18-16-10-21-14)11-5-6-12(15-9-11)19-7-3-1-2-4-8-19/h5-6,9-10H,1-4,7-8H2,(H,17,18,20). The fraction of sp³-hybridized carbons (Fsp3) is 0.429. The molecule has 7 heteroatoms. The Labute approximate surface area is 127 Å². The van der Waals surface area contributed by atoms with Gasteiger partial charge < -0.3 is 4.90 Å². The van der Waals surface area contributed by atoms with Gasteiger partial charge in [-0.05, 0) is 25.0 Å². The van der Waals surface area contributed by atoms with E-state index in [1.807, 2.05) is 12.1 Å². The Bertz CT molecular complexity index is 576. The molecule has 2 aromatic rings. The molecule has 0 aliphatic carbocycles. The number of anilines is 2. The van der Waals surface area contributed by atoms with Crippen molar-refractivity contribution in [2.45, 2.75) is 25.7 Å². The molecular formula is C14H17N5OS. The third kappa shape index (κ3) is 3.55. The number of amides is 1. The van der Waals surface area contributed by atoms with Crippen molar-refractivity contribution in [1.29, 1.82) is 0 Å². The van der Waals surface area contributed by atoms with Crippen molar-refractivity contribution < 1.29 is 4.79 Å². The molecule has 0 unspecified atom stereocenters. The van der Waals surface area contributed by atoms with Crippen LogP contribution in [0.1, 0.15) is 36.0 Å². The Morgan fingerprint density at radius 2 is 2.00 bits per heavy atom. The second-order valence-corrected chi connectivity index (χ2v) is 5.84. The van der Waals surface area contributed by atoms with Crippen LogP contribution in [0.5, 0.6) is 0 Å². The van der Waals surface area contributed by atoms with Gasteiger partial charge in [0.1, 0.15) is 11.3 Å². The molecule has 1 amide bonds. The minimum absolute atomic E-state index is 0.207. The Balaban J connectivity index is 1.67. The summed E-state index contributed by atoms with van der Waals surface area (Å²) in [7, 11) is 0. The van der Waals surface area contributed by atoms with Crippen LogP contribution in [0.2, 0.25) is 0 Å². The van der Waals surface area contributed by atoms with Crippen LogP contribution in [0.15, 0.2) is 23.8 Å². The van der Waals surface area contributed by atoms with Gasteiger partial charge in [-0.25, -0.2) is 4.98 Å². The van der Waals surface area contributed by atoms with Gasteiger partial charge in [-0.2, -0.15) is 0 Å². The predicted octanol–water partition coefficient (Wildman–Crippen LogP) is 2.57. The van der Waals surface area contributed by atoms with Crippen LogP contribution < -0.4 is 10.2 Å². The maximum absolute atomic E-state index is 12.0. The molecule has 0 spiro atoms. The number of carbonyl (C=O) groups excluding carboxylic acids is 1. The first-order valence-corrected chi connectivity index (χ1v) is 7.99. The van der Waals surface area contributed by atoms with Gasteiger partial charge in [0.05, 0.1) is 5.56 Å². The smallest absolute Gasteiger partial charge is 0.259 e. The molecule has 6 nitrogen and oxygen atoms in total. The molecule has 1 aliphatic rings. The van der Waals surface area contributed by atoms with E-state index in [1.165, 1.54) is 37.0 Å². The van der Waals surface area contributed by atoms with Gasteiger partial charge in [-0.3, -0.25) is 10.1 Å². The van der Waals surface area contributed by atoms with Crippen molar-refractivity contribution >= 4 is 28.2 Å². The van der Waals surface area contributed by atoms with Crippen LogP contribution in [0, 0.1) is 0 Å². The van der Waals surface area contributed by atoms with Gasteiger partial charge in [-0.1, -0.05) is 24.2 Å². The van der Waals surface area contributed by atoms with E-state index in [1.54, 1.807) is 11.7 Å². The van der Waals surface area contributed by atoms with E-state index in [4.69, 9.17) is 0 Å². The first-order valence-electron chi connectivity index (χ1n) is 7.11. The largest absolute Gasteiger partial charge is 0.357 e. The number of nitrogens with zero attached hydrogens (tertiary/aromatic N) is 4. The molecule has 1 fully saturated rings. The first kappa shape index (κ1) is 13.9. The molecule has 0 bridgehead atoms. The van der Waals surface area contributed by atoms with Gasteiger partial charge in [0.2, 0.25) is 5.13 Å². The van der Waals surface area contributed by atoms with Crippen LogP contribution in [0.3, 0.4) is 0 Å². The minimum Gasteiger partial charge on any atom is -0.357 e. The fourth-order valence-corrected chi connectivity index (χ4v) is 2.84. The fourth-order valence-electron chi connectivity index (χ4n) is 2.40. The van der Waals surface area contributed by atoms with E-state index in [2.05, 4.69) is 25.4 Å². The third-order valence-corrected chi connectivity index (χ3v) is 4.13. The number of pyridine rings is 1. The Hall–Kier alpha value is -2.02. The zero-order valence-corrected chi connectivity index (χ0v) is 12.5. The maximum atomic E-state index is 12.0. The molecule has 0 atom stereocenters. The Morgan fingerprint density at radius 3 is 2.62 bits per heavy atom. The summed E-state index contributed by atoms with van der Waals surface area (Å²) in [6.07, 6.45) is 6.62. The quantitative estimate of drug-likeness (QED) is 0.943. The average molecular weight is 303 g/mol. The van der Waals surface area contributed by atoms with Crippen molar-refractivity contribution in [3.63, 3.8) is 0 Å². The summed E-state index contributed by atoms with van der Waals surface area (Å²) in [6.45, 7) is 2.09. The van der Waals surface area contributed by atoms with E-state index < -0.39 is 0 Å². The lowest BCUT2D eigenvalue weighted by Crippen LogP contribution is -2.25. The molecule has 0 radical (unpaired) electrons. The lowest BCUT2D eigenvalue weighted by Gasteiger charge is -2.21. The highest BCUT2D eigenvalue weighted by Crippen LogP contribution is 2.18. The average Bonchev–Trinajstić information content (AvgIpc) is 2.87. The molecule has 0 saturated carbocycles. The predicted molar refractivity (Wildman–Crippen MR) is 82.8 cm³/mol. The van der Waals surface area contributed by atoms with Gasteiger partial charge in [0.25, 0.3) is 5.91 Å². The maximum Gasteiger partial charge on any atom is 0.259 e. The zero-order valence-electron chi connectivity index (χ0n) is 11.7. The lowest BCUT2D eigenvalue weighted by molar-refractivity contribution is 0.102. The molecule has 1 aliphatic heterocycles. The van der Waals surface area contributed by atoms with Crippen molar-refractivity contribution in [3.05, 3.63) is 29.4 Å². The number of aromatic nitrogens is 3. The highest BCUT2D eigenvalue weighted by Gasteiger charge is 2.13. The van der Waals surface area contributed by atoms with Crippen LogP contribution in [0.25, 0.3) is 0 Å². The molecule has 3 rings (SSSR count). The molecule has 0 aromatic carbocycles. The summed E-state index contributed by atoms with van der Waals surface area (Å²) in [4.78, 5) is 18.7. The highest BCUT2D eigenvalue weighted by molar-refractivity contribution is 7.13. The normalized spacial score (nSPS) is 15.5. The van der Waals surface area contributed by atoms with Gasteiger partial charge in [0.15, 0.2) is 0 Å². The number of hydrogen-bond acceptors (Lipinski definition) is 6. The number of hydrogen-bond donors (Lipinski definition) is 1. The van der Waals surface area contributed by atoms with Crippen molar-refractivity contribution in [2.24, 2.45) is 0 Å². The Kier molecular flexibility index (Phi) is 4.40. The van der Waals surface area contributed by atoms with Crippen LogP contribution in [0.4, 0.5) is 10.9 Å². The molecule has 1 N–H and O–H groups in total. The lowest BCUT2D eigenvalue weighted by atomic mass is 10.2. The van der Waals surface area contributed by atoms with E-state index in [-0.39, 0.29) is 5.91 Å². The second kappa shape index (κ2) is 6.62. The second-order valence-electron chi connectivity index (χ2n) is 5.00. The van der Waals surface area contributed by atoms with Crippen molar-refractivity contribution in [3.8, 4) is 0 Å². The third-order valence-electron chi connectivity index (χ3n) is 3.52. The van der Waals surface area contributed by atoms with Gasteiger partial charge in [-0.15, -0.1) is 10.2 Å². The molecular weight excluding hydrogens is 286 g/mol. The topological polar surface area (TPSA) is 71.0 Å². The Morgan fingerprint density at radius 1 is 1.19 bits per heavy atom. The summed E-state index contributed by atoms with van der Waals surface area (Å²) in [5, 5.41) is 10.7. The van der Waals surface area contributed by atoms with E-state index in [0.29, 0.717) is 10.7 Å². The summed E-state index contributed by atoms with van der Waals surface area (Å²) in [5.74, 6) is 0.742. The van der Waals surface area contributed by atoms with E-state index >= 15 is 0 Å².